The van der Waals surface area contributed by atoms with Gasteiger partial charge in [0.2, 0.25) is 0 Å². The van der Waals surface area contributed by atoms with E-state index in [-0.39, 0.29) is 6.42 Å². The van der Waals surface area contributed by atoms with E-state index in [1.807, 2.05) is 0 Å². The van der Waals surface area contributed by atoms with E-state index in [1.54, 1.807) is 44.4 Å². The number of anilines is 1. The van der Waals surface area contributed by atoms with E-state index in [1.165, 1.54) is 12.3 Å². The average molecular weight is 371 g/mol. The SMILES string of the molecule is COc1ccc2c(CC(=O)OCC(=O)Nc3ccc(C)c(F)c3)coc2c1. The monoisotopic (exact) mass is 371 g/mol. The molecule has 0 aliphatic heterocycles. The highest BCUT2D eigenvalue weighted by atomic mass is 19.1. The smallest absolute Gasteiger partial charge is 0.310 e. The number of benzene rings is 2. The van der Waals surface area contributed by atoms with Gasteiger partial charge in [-0.15, -0.1) is 0 Å². The largest absolute Gasteiger partial charge is 0.497 e. The van der Waals surface area contributed by atoms with Crippen LogP contribution < -0.4 is 10.1 Å². The maximum absolute atomic E-state index is 13.5. The minimum atomic E-state index is -0.571. The van der Waals surface area contributed by atoms with Gasteiger partial charge in [-0.25, -0.2) is 4.39 Å². The summed E-state index contributed by atoms with van der Waals surface area (Å²) < 4.78 is 29.0. The van der Waals surface area contributed by atoms with Gasteiger partial charge in [-0.3, -0.25) is 9.59 Å². The zero-order valence-corrected chi connectivity index (χ0v) is 14.9. The summed E-state index contributed by atoms with van der Waals surface area (Å²) in [5.74, 6) is -0.893. The molecule has 7 heteroatoms. The molecule has 2 aromatic carbocycles. The second-order valence-electron chi connectivity index (χ2n) is 5.97. The number of halogens is 1. The van der Waals surface area contributed by atoms with E-state index >= 15 is 0 Å². The number of aryl methyl sites for hydroxylation is 1. The number of ether oxygens (including phenoxy) is 2. The fourth-order valence-corrected chi connectivity index (χ4v) is 2.55. The van der Waals surface area contributed by atoms with Crippen LogP contribution in [-0.2, 0) is 20.7 Å². The highest BCUT2D eigenvalue weighted by molar-refractivity contribution is 5.93. The molecule has 1 N–H and O–H groups in total. The Hall–Kier alpha value is -3.35. The third-order valence-corrected chi connectivity index (χ3v) is 4.02. The molecular formula is C20H18FNO5. The molecule has 0 saturated carbocycles. The van der Waals surface area contributed by atoms with Crippen molar-refractivity contribution < 1.29 is 27.9 Å². The van der Waals surface area contributed by atoms with Gasteiger partial charge in [0, 0.05) is 22.7 Å². The van der Waals surface area contributed by atoms with Crippen LogP contribution in [0.4, 0.5) is 10.1 Å². The number of carbonyl (C=O) groups is 2. The molecule has 0 aliphatic carbocycles. The Morgan fingerprint density at radius 1 is 1.19 bits per heavy atom. The van der Waals surface area contributed by atoms with Crippen LogP contribution in [-0.4, -0.2) is 25.6 Å². The molecule has 0 atom stereocenters. The van der Waals surface area contributed by atoms with E-state index in [9.17, 15) is 14.0 Å². The molecule has 1 heterocycles. The van der Waals surface area contributed by atoms with E-state index in [2.05, 4.69) is 5.32 Å². The average Bonchev–Trinajstić information content (AvgIpc) is 3.05. The van der Waals surface area contributed by atoms with Gasteiger partial charge < -0.3 is 19.2 Å². The maximum atomic E-state index is 13.5. The highest BCUT2D eigenvalue weighted by Gasteiger charge is 2.14. The fourth-order valence-electron chi connectivity index (χ4n) is 2.55. The van der Waals surface area contributed by atoms with Crippen LogP contribution in [0, 0.1) is 12.7 Å². The molecule has 6 nitrogen and oxygen atoms in total. The van der Waals surface area contributed by atoms with Gasteiger partial charge in [0.05, 0.1) is 19.8 Å². The molecule has 0 aliphatic rings. The zero-order valence-electron chi connectivity index (χ0n) is 14.9. The number of fused-ring (bicyclic) bond motifs is 1. The number of carbonyl (C=O) groups excluding carboxylic acids is 2. The fraction of sp³-hybridized carbons (Fsp3) is 0.200. The van der Waals surface area contributed by atoms with Crippen LogP contribution in [0.2, 0.25) is 0 Å². The Balaban J connectivity index is 1.55. The lowest BCUT2D eigenvalue weighted by Crippen LogP contribution is -2.21. The minimum absolute atomic E-state index is 0.0359. The van der Waals surface area contributed by atoms with E-state index in [4.69, 9.17) is 13.9 Å². The van der Waals surface area contributed by atoms with Crippen LogP contribution in [0.15, 0.2) is 47.1 Å². The normalized spacial score (nSPS) is 10.6. The molecule has 0 unspecified atom stereocenters. The Bertz CT molecular complexity index is 995. The number of furan rings is 1. The number of rotatable bonds is 6. The predicted molar refractivity (Wildman–Crippen MR) is 97.2 cm³/mol. The molecule has 27 heavy (non-hydrogen) atoms. The topological polar surface area (TPSA) is 77.8 Å². The van der Waals surface area contributed by atoms with Crippen molar-refractivity contribution >= 4 is 28.5 Å². The molecule has 3 rings (SSSR count). The summed E-state index contributed by atoms with van der Waals surface area (Å²) in [4.78, 5) is 23.9. The molecule has 3 aromatic rings. The molecule has 0 saturated heterocycles. The molecule has 140 valence electrons. The van der Waals surface area contributed by atoms with Crippen LogP contribution in [0.25, 0.3) is 11.0 Å². The van der Waals surface area contributed by atoms with E-state index < -0.39 is 24.3 Å². The van der Waals surface area contributed by atoms with Gasteiger partial charge in [-0.2, -0.15) is 0 Å². The highest BCUT2D eigenvalue weighted by Crippen LogP contribution is 2.26. The summed E-state index contributed by atoms with van der Waals surface area (Å²) >= 11 is 0. The number of amides is 1. The lowest BCUT2D eigenvalue weighted by molar-refractivity contribution is -0.146. The summed E-state index contributed by atoms with van der Waals surface area (Å²) in [6, 6.07) is 9.61. The Morgan fingerprint density at radius 3 is 2.74 bits per heavy atom. The van der Waals surface area contributed by atoms with Crippen LogP contribution in [0.5, 0.6) is 5.75 Å². The number of hydrogen-bond donors (Lipinski definition) is 1. The third kappa shape index (κ3) is 4.44. The van der Waals surface area contributed by atoms with Crippen molar-refractivity contribution in [2.45, 2.75) is 13.3 Å². The van der Waals surface area contributed by atoms with Crippen molar-refractivity contribution in [2.24, 2.45) is 0 Å². The Morgan fingerprint density at radius 2 is 2.00 bits per heavy atom. The Labute approximate surface area is 154 Å². The predicted octanol–water partition coefficient (Wildman–Crippen LogP) is 3.61. The lowest BCUT2D eigenvalue weighted by atomic mass is 10.1. The number of methoxy groups -OCH3 is 1. The summed E-state index contributed by atoms with van der Waals surface area (Å²) in [5, 5.41) is 3.25. The lowest BCUT2D eigenvalue weighted by Gasteiger charge is -2.07. The molecular weight excluding hydrogens is 353 g/mol. The van der Waals surface area contributed by atoms with Gasteiger partial charge >= 0.3 is 5.97 Å². The summed E-state index contributed by atoms with van der Waals surface area (Å²) in [5.41, 5.74) is 2.02. The quantitative estimate of drug-likeness (QED) is 0.670. The summed E-state index contributed by atoms with van der Waals surface area (Å²) in [7, 11) is 1.55. The molecule has 1 aromatic heterocycles. The van der Waals surface area contributed by atoms with E-state index in [0.29, 0.717) is 28.1 Å². The molecule has 0 radical (unpaired) electrons. The van der Waals surface area contributed by atoms with Gasteiger partial charge in [-0.1, -0.05) is 6.07 Å². The second-order valence-corrected chi connectivity index (χ2v) is 5.97. The third-order valence-electron chi connectivity index (χ3n) is 4.02. The summed E-state index contributed by atoms with van der Waals surface area (Å²) in [6.45, 7) is 1.16. The molecule has 0 bridgehead atoms. The summed E-state index contributed by atoms with van der Waals surface area (Å²) in [6.07, 6.45) is 1.44. The van der Waals surface area contributed by atoms with Gasteiger partial charge in [0.1, 0.15) is 17.1 Å². The standard InChI is InChI=1S/C20H18FNO5/c1-12-3-4-14(8-17(12)21)22-19(23)11-27-20(24)7-13-10-26-18-9-15(25-2)5-6-16(13)18/h3-6,8-10H,7,11H2,1-2H3,(H,22,23). The van der Waals surface area contributed by atoms with Crippen molar-refractivity contribution in [2.75, 3.05) is 19.0 Å². The van der Waals surface area contributed by atoms with Crippen LogP contribution in [0.3, 0.4) is 0 Å². The number of hydrogen-bond acceptors (Lipinski definition) is 5. The first-order chi connectivity index (χ1) is 13.0. The first-order valence-electron chi connectivity index (χ1n) is 8.22. The van der Waals surface area contributed by atoms with Gasteiger partial charge in [-0.05, 0) is 36.8 Å². The van der Waals surface area contributed by atoms with Gasteiger partial charge in [0.25, 0.3) is 5.91 Å². The number of nitrogens with one attached hydrogen (secondary N) is 1. The van der Waals surface area contributed by atoms with Crippen molar-refractivity contribution in [1.29, 1.82) is 0 Å². The first-order valence-corrected chi connectivity index (χ1v) is 8.22. The second kappa shape index (κ2) is 7.90. The molecule has 1 amide bonds. The van der Waals surface area contributed by atoms with Crippen LogP contribution in [0.1, 0.15) is 11.1 Å². The molecule has 0 fully saturated rings. The van der Waals surface area contributed by atoms with E-state index in [0.717, 1.165) is 5.39 Å². The molecule has 0 spiro atoms. The minimum Gasteiger partial charge on any atom is -0.497 e. The number of esters is 1. The van der Waals surface area contributed by atoms with Crippen molar-refractivity contribution in [3.8, 4) is 5.75 Å². The maximum Gasteiger partial charge on any atom is 0.310 e. The van der Waals surface area contributed by atoms with Gasteiger partial charge in [0.15, 0.2) is 6.61 Å². The van der Waals surface area contributed by atoms with Crippen molar-refractivity contribution in [3.05, 3.63) is 59.6 Å². The van der Waals surface area contributed by atoms with Crippen LogP contribution >= 0.6 is 0 Å². The first kappa shape index (κ1) is 18.4. The zero-order chi connectivity index (χ0) is 19.4. The Kier molecular flexibility index (Phi) is 5.40. The van der Waals surface area contributed by atoms with Crippen molar-refractivity contribution in [3.63, 3.8) is 0 Å². The van der Waals surface area contributed by atoms with Crippen molar-refractivity contribution in [1.82, 2.24) is 0 Å².